The molecule has 1 aliphatic heterocycles. The van der Waals surface area contributed by atoms with Crippen LogP contribution >= 0.6 is 12.2 Å². The normalized spacial score (nSPS) is 18.1. The van der Waals surface area contributed by atoms with Crippen molar-refractivity contribution in [3.63, 3.8) is 0 Å². The first-order valence-corrected chi connectivity index (χ1v) is 8.94. The summed E-state index contributed by atoms with van der Waals surface area (Å²) >= 11 is 5.39. The van der Waals surface area contributed by atoms with E-state index in [0.29, 0.717) is 11.2 Å². The van der Waals surface area contributed by atoms with Crippen LogP contribution in [-0.4, -0.2) is 24.4 Å². The monoisotopic (exact) mass is 340 g/mol. The largest absolute Gasteiger partial charge is 0.376 e. The van der Waals surface area contributed by atoms with Crippen LogP contribution in [0.2, 0.25) is 0 Å². The molecule has 126 valence electrons. The molecule has 2 N–H and O–H groups in total. The van der Waals surface area contributed by atoms with E-state index in [-0.39, 0.29) is 6.04 Å². The molecule has 1 fully saturated rings. The number of rotatable bonds is 5. The van der Waals surface area contributed by atoms with E-state index in [1.807, 2.05) is 6.07 Å². The summed E-state index contributed by atoms with van der Waals surface area (Å²) in [4.78, 5) is 0. The molecule has 2 aromatic rings. The van der Waals surface area contributed by atoms with Crippen LogP contribution in [0.1, 0.15) is 31.4 Å². The lowest BCUT2D eigenvalue weighted by atomic mass is 10.0. The van der Waals surface area contributed by atoms with Crippen molar-refractivity contribution < 1.29 is 4.74 Å². The van der Waals surface area contributed by atoms with Crippen LogP contribution < -0.4 is 10.6 Å². The van der Waals surface area contributed by atoms with Gasteiger partial charge in [0.05, 0.1) is 12.1 Å². The molecular formula is C20H24N2OS. The van der Waals surface area contributed by atoms with Gasteiger partial charge in [0.2, 0.25) is 0 Å². The number of ether oxygens (including phenoxy) is 1. The van der Waals surface area contributed by atoms with Crippen molar-refractivity contribution in [1.29, 1.82) is 0 Å². The predicted octanol–water partition coefficient (Wildman–Crippen LogP) is 4.06. The third-order valence-electron chi connectivity index (χ3n) is 4.38. The van der Waals surface area contributed by atoms with E-state index in [4.69, 9.17) is 17.0 Å². The zero-order valence-electron chi connectivity index (χ0n) is 14.0. The second-order valence-electron chi connectivity index (χ2n) is 6.20. The molecule has 0 unspecified atom stereocenters. The van der Waals surface area contributed by atoms with Gasteiger partial charge < -0.3 is 15.4 Å². The van der Waals surface area contributed by atoms with Gasteiger partial charge in [0.25, 0.3) is 0 Å². The second-order valence-corrected chi connectivity index (χ2v) is 6.61. The van der Waals surface area contributed by atoms with E-state index in [1.54, 1.807) is 0 Å². The minimum Gasteiger partial charge on any atom is -0.376 e. The van der Waals surface area contributed by atoms with Gasteiger partial charge in [-0.1, -0.05) is 54.6 Å². The molecule has 1 aliphatic rings. The molecule has 0 aliphatic carbocycles. The SMILES string of the molecule is C[C@H](NC(=S)NC[C@H]1CCCO1)c1ccc(-c2ccccc2)cc1. The minimum atomic E-state index is 0.166. The average Bonchev–Trinajstić information content (AvgIpc) is 3.14. The van der Waals surface area contributed by atoms with Crippen LogP contribution in [0.25, 0.3) is 11.1 Å². The maximum absolute atomic E-state index is 5.60. The van der Waals surface area contributed by atoms with Crippen molar-refractivity contribution in [2.24, 2.45) is 0 Å². The van der Waals surface area contributed by atoms with Crippen LogP contribution in [0.4, 0.5) is 0 Å². The molecule has 0 bridgehead atoms. The summed E-state index contributed by atoms with van der Waals surface area (Å²) in [6.07, 6.45) is 2.56. The van der Waals surface area contributed by atoms with E-state index in [0.717, 1.165) is 26.0 Å². The van der Waals surface area contributed by atoms with Crippen molar-refractivity contribution in [2.75, 3.05) is 13.2 Å². The van der Waals surface area contributed by atoms with Gasteiger partial charge in [-0.3, -0.25) is 0 Å². The van der Waals surface area contributed by atoms with Gasteiger partial charge in [0.15, 0.2) is 5.11 Å². The molecule has 1 saturated heterocycles. The topological polar surface area (TPSA) is 33.3 Å². The summed E-state index contributed by atoms with van der Waals surface area (Å²) in [7, 11) is 0. The summed E-state index contributed by atoms with van der Waals surface area (Å²) in [5.41, 5.74) is 3.68. The molecule has 3 rings (SSSR count). The zero-order chi connectivity index (χ0) is 16.8. The Morgan fingerprint density at radius 1 is 1.12 bits per heavy atom. The Morgan fingerprint density at radius 3 is 2.50 bits per heavy atom. The van der Waals surface area contributed by atoms with Crippen molar-refractivity contribution >= 4 is 17.3 Å². The third-order valence-corrected chi connectivity index (χ3v) is 4.64. The van der Waals surface area contributed by atoms with Crippen molar-refractivity contribution in [2.45, 2.75) is 31.9 Å². The van der Waals surface area contributed by atoms with Gasteiger partial charge in [0.1, 0.15) is 0 Å². The summed E-state index contributed by atoms with van der Waals surface area (Å²) < 4.78 is 5.60. The van der Waals surface area contributed by atoms with Crippen LogP contribution in [-0.2, 0) is 4.74 Å². The van der Waals surface area contributed by atoms with Gasteiger partial charge in [-0.25, -0.2) is 0 Å². The lowest BCUT2D eigenvalue weighted by molar-refractivity contribution is 0.114. The average molecular weight is 340 g/mol. The van der Waals surface area contributed by atoms with Crippen molar-refractivity contribution in [3.8, 4) is 11.1 Å². The fourth-order valence-corrected chi connectivity index (χ4v) is 3.20. The molecule has 0 aromatic heterocycles. The molecule has 2 aromatic carbocycles. The molecule has 24 heavy (non-hydrogen) atoms. The second kappa shape index (κ2) is 8.27. The summed E-state index contributed by atoms with van der Waals surface area (Å²) in [6, 6.07) is 19.2. The summed E-state index contributed by atoms with van der Waals surface area (Å²) in [5, 5.41) is 7.29. The highest BCUT2D eigenvalue weighted by molar-refractivity contribution is 7.80. The van der Waals surface area contributed by atoms with Gasteiger partial charge in [0, 0.05) is 13.2 Å². The Labute approximate surface area is 149 Å². The quantitative estimate of drug-likeness (QED) is 0.804. The Morgan fingerprint density at radius 2 is 1.83 bits per heavy atom. The van der Waals surface area contributed by atoms with Crippen LogP contribution in [0, 0.1) is 0 Å². The number of benzene rings is 2. The highest BCUT2D eigenvalue weighted by Crippen LogP contribution is 2.21. The number of thiocarbonyl (C=S) groups is 1. The van der Waals surface area contributed by atoms with Crippen molar-refractivity contribution in [1.82, 2.24) is 10.6 Å². The Hall–Kier alpha value is -1.91. The molecule has 0 amide bonds. The standard InChI is InChI=1S/C20H24N2OS/c1-15(22-20(24)21-14-19-8-5-13-23-19)16-9-11-18(12-10-16)17-6-3-2-4-7-17/h2-4,6-7,9-12,15,19H,5,8,13-14H2,1H3,(H2,21,22,24)/t15-,19+/m0/s1. The number of hydrogen-bond donors (Lipinski definition) is 2. The molecular weight excluding hydrogens is 316 g/mol. The smallest absolute Gasteiger partial charge is 0.166 e. The maximum Gasteiger partial charge on any atom is 0.166 e. The first kappa shape index (κ1) is 16.9. The maximum atomic E-state index is 5.60. The predicted molar refractivity (Wildman–Crippen MR) is 103 cm³/mol. The number of hydrogen-bond acceptors (Lipinski definition) is 2. The lowest BCUT2D eigenvalue weighted by Crippen LogP contribution is -2.40. The Kier molecular flexibility index (Phi) is 5.83. The third kappa shape index (κ3) is 4.56. The van der Waals surface area contributed by atoms with E-state index in [2.05, 4.69) is 66.1 Å². The van der Waals surface area contributed by atoms with Gasteiger partial charge in [-0.05, 0) is 48.7 Å². The molecule has 0 radical (unpaired) electrons. The fraction of sp³-hybridized carbons (Fsp3) is 0.350. The van der Waals surface area contributed by atoms with E-state index in [1.165, 1.54) is 16.7 Å². The highest BCUT2D eigenvalue weighted by atomic mass is 32.1. The fourth-order valence-electron chi connectivity index (χ4n) is 2.94. The van der Waals surface area contributed by atoms with Crippen LogP contribution in [0.15, 0.2) is 54.6 Å². The van der Waals surface area contributed by atoms with E-state index >= 15 is 0 Å². The van der Waals surface area contributed by atoms with Crippen LogP contribution in [0.3, 0.4) is 0 Å². The Bertz CT molecular complexity index is 651. The molecule has 3 nitrogen and oxygen atoms in total. The van der Waals surface area contributed by atoms with Gasteiger partial charge in [-0.2, -0.15) is 0 Å². The molecule has 0 saturated carbocycles. The summed E-state index contributed by atoms with van der Waals surface area (Å²) in [5.74, 6) is 0. The minimum absolute atomic E-state index is 0.166. The summed E-state index contributed by atoms with van der Waals surface area (Å²) in [6.45, 7) is 3.78. The van der Waals surface area contributed by atoms with E-state index in [9.17, 15) is 0 Å². The first-order chi connectivity index (χ1) is 11.7. The highest BCUT2D eigenvalue weighted by Gasteiger charge is 2.15. The Balaban J connectivity index is 1.52. The van der Waals surface area contributed by atoms with Gasteiger partial charge >= 0.3 is 0 Å². The molecule has 4 heteroatoms. The first-order valence-electron chi connectivity index (χ1n) is 8.54. The van der Waals surface area contributed by atoms with Crippen LogP contribution in [0.5, 0.6) is 0 Å². The van der Waals surface area contributed by atoms with Gasteiger partial charge in [-0.15, -0.1) is 0 Å². The molecule has 1 heterocycles. The van der Waals surface area contributed by atoms with E-state index < -0.39 is 0 Å². The van der Waals surface area contributed by atoms with Crippen molar-refractivity contribution in [3.05, 3.63) is 60.2 Å². The lowest BCUT2D eigenvalue weighted by Gasteiger charge is -2.19. The number of nitrogens with one attached hydrogen (secondary N) is 2. The zero-order valence-corrected chi connectivity index (χ0v) is 14.8. The molecule has 2 atom stereocenters. The molecule has 0 spiro atoms.